The van der Waals surface area contributed by atoms with E-state index in [4.69, 9.17) is 10.7 Å². The van der Waals surface area contributed by atoms with E-state index in [9.17, 15) is 0 Å². The second kappa shape index (κ2) is 5.37. The number of hydrogen-bond acceptors (Lipinski definition) is 4. The van der Waals surface area contributed by atoms with Crippen LogP contribution in [0.2, 0.25) is 0 Å². The van der Waals surface area contributed by atoms with Gasteiger partial charge in [-0.05, 0) is 38.0 Å². The second-order valence-electron chi connectivity index (χ2n) is 5.30. The molecule has 0 unspecified atom stereocenters. The molecule has 0 spiro atoms. The zero-order valence-electron chi connectivity index (χ0n) is 11.4. The second-order valence-corrected chi connectivity index (χ2v) is 6.31. The Morgan fingerprint density at radius 2 is 2.11 bits per heavy atom. The van der Waals surface area contributed by atoms with Crippen LogP contribution < -0.4 is 10.6 Å². The first-order valence-electron chi connectivity index (χ1n) is 7.20. The number of anilines is 2. The van der Waals surface area contributed by atoms with Crippen LogP contribution in [0.3, 0.4) is 0 Å². The SMILES string of the molecule is CCN(c1nc2ccc(N)cc2s1)C1CCCCC1. The number of benzene rings is 1. The van der Waals surface area contributed by atoms with Gasteiger partial charge in [0.05, 0.1) is 10.2 Å². The van der Waals surface area contributed by atoms with Crippen LogP contribution >= 0.6 is 11.3 Å². The van der Waals surface area contributed by atoms with Crippen molar-refractivity contribution in [2.45, 2.75) is 45.1 Å². The monoisotopic (exact) mass is 275 g/mol. The maximum atomic E-state index is 5.85. The quantitative estimate of drug-likeness (QED) is 0.860. The molecule has 1 aromatic carbocycles. The molecule has 1 heterocycles. The highest BCUT2D eigenvalue weighted by atomic mass is 32.1. The van der Waals surface area contributed by atoms with Crippen LogP contribution in [0.15, 0.2) is 18.2 Å². The summed E-state index contributed by atoms with van der Waals surface area (Å²) in [5.41, 5.74) is 7.75. The molecule has 0 amide bonds. The summed E-state index contributed by atoms with van der Waals surface area (Å²) in [7, 11) is 0. The Morgan fingerprint density at radius 1 is 1.32 bits per heavy atom. The third kappa shape index (κ3) is 2.54. The molecule has 0 bridgehead atoms. The van der Waals surface area contributed by atoms with Crippen LogP contribution in [0.25, 0.3) is 10.2 Å². The topological polar surface area (TPSA) is 42.2 Å². The minimum Gasteiger partial charge on any atom is -0.399 e. The summed E-state index contributed by atoms with van der Waals surface area (Å²) in [4.78, 5) is 7.28. The first kappa shape index (κ1) is 12.7. The van der Waals surface area contributed by atoms with Crippen molar-refractivity contribution in [1.82, 2.24) is 4.98 Å². The van der Waals surface area contributed by atoms with Crippen molar-refractivity contribution in [3.8, 4) is 0 Å². The number of rotatable bonds is 3. The number of thiazole rings is 1. The number of nitrogens with two attached hydrogens (primary N) is 1. The van der Waals surface area contributed by atoms with Crippen molar-refractivity contribution in [2.24, 2.45) is 0 Å². The molecule has 0 aliphatic heterocycles. The smallest absolute Gasteiger partial charge is 0.186 e. The Balaban J connectivity index is 1.91. The number of hydrogen-bond donors (Lipinski definition) is 1. The Kier molecular flexibility index (Phi) is 3.60. The fraction of sp³-hybridized carbons (Fsp3) is 0.533. The van der Waals surface area contributed by atoms with Gasteiger partial charge in [0.2, 0.25) is 0 Å². The standard InChI is InChI=1S/C15H21N3S/c1-2-18(12-6-4-3-5-7-12)15-17-13-9-8-11(16)10-14(13)19-15/h8-10,12H,2-7,16H2,1H3. The van der Waals surface area contributed by atoms with Crippen molar-refractivity contribution in [3.63, 3.8) is 0 Å². The lowest BCUT2D eigenvalue weighted by Crippen LogP contribution is -2.36. The third-order valence-electron chi connectivity index (χ3n) is 4.00. The maximum Gasteiger partial charge on any atom is 0.186 e. The third-order valence-corrected chi connectivity index (χ3v) is 5.06. The van der Waals surface area contributed by atoms with E-state index in [1.807, 2.05) is 18.2 Å². The van der Waals surface area contributed by atoms with Crippen LogP contribution in [-0.4, -0.2) is 17.6 Å². The number of fused-ring (bicyclic) bond motifs is 1. The average Bonchev–Trinajstić information content (AvgIpc) is 2.83. The Labute approximate surface area is 118 Å². The minimum atomic E-state index is 0.677. The highest BCUT2D eigenvalue weighted by Gasteiger charge is 2.22. The molecule has 1 aliphatic carbocycles. The zero-order valence-corrected chi connectivity index (χ0v) is 12.2. The zero-order chi connectivity index (χ0) is 13.2. The number of aromatic nitrogens is 1. The van der Waals surface area contributed by atoms with Crippen molar-refractivity contribution in [1.29, 1.82) is 0 Å². The molecule has 3 rings (SSSR count). The van der Waals surface area contributed by atoms with E-state index in [0.29, 0.717) is 6.04 Å². The Bertz CT molecular complexity index is 558. The predicted octanol–water partition coefficient (Wildman–Crippen LogP) is 4.04. The maximum absolute atomic E-state index is 5.85. The summed E-state index contributed by atoms with van der Waals surface area (Å²) in [6.07, 6.45) is 6.74. The number of nitrogen functional groups attached to an aromatic ring is 1. The van der Waals surface area contributed by atoms with Gasteiger partial charge in [-0.25, -0.2) is 4.98 Å². The average molecular weight is 275 g/mol. The molecule has 0 radical (unpaired) electrons. The molecular weight excluding hydrogens is 254 g/mol. The van der Waals surface area contributed by atoms with Crippen LogP contribution in [-0.2, 0) is 0 Å². The van der Waals surface area contributed by atoms with E-state index < -0.39 is 0 Å². The molecule has 1 aliphatic rings. The van der Waals surface area contributed by atoms with Crippen molar-refractivity contribution in [2.75, 3.05) is 17.2 Å². The van der Waals surface area contributed by atoms with Crippen LogP contribution in [0.1, 0.15) is 39.0 Å². The Morgan fingerprint density at radius 3 is 2.84 bits per heavy atom. The molecule has 0 atom stereocenters. The van der Waals surface area contributed by atoms with Crippen molar-refractivity contribution in [3.05, 3.63) is 18.2 Å². The van der Waals surface area contributed by atoms with Gasteiger partial charge in [0.25, 0.3) is 0 Å². The lowest BCUT2D eigenvalue weighted by molar-refractivity contribution is 0.418. The summed E-state index contributed by atoms with van der Waals surface area (Å²) in [6, 6.07) is 6.67. The highest BCUT2D eigenvalue weighted by molar-refractivity contribution is 7.22. The van der Waals surface area contributed by atoms with E-state index in [-0.39, 0.29) is 0 Å². The molecule has 19 heavy (non-hydrogen) atoms. The van der Waals surface area contributed by atoms with E-state index in [2.05, 4.69) is 11.8 Å². The molecule has 2 aromatic rings. The molecule has 1 saturated carbocycles. The van der Waals surface area contributed by atoms with Crippen LogP contribution in [0.5, 0.6) is 0 Å². The molecule has 2 N–H and O–H groups in total. The van der Waals surface area contributed by atoms with Crippen LogP contribution in [0.4, 0.5) is 10.8 Å². The van der Waals surface area contributed by atoms with Gasteiger partial charge in [-0.3, -0.25) is 0 Å². The number of nitrogens with zero attached hydrogens (tertiary/aromatic N) is 2. The summed E-state index contributed by atoms with van der Waals surface area (Å²) >= 11 is 1.77. The summed E-state index contributed by atoms with van der Waals surface area (Å²) < 4.78 is 1.20. The minimum absolute atomic E-state index is 0.677. The highest BCUT2D eigenvalue weighted by Crippen LogP contribution is 2.34. The largest absolute Gasteiger partial charge is 0.399 e. The normalized spacial score (nSPS) is 16.9. The van der Waals surface area contributed by atoms with Gasteiger partial charge in [0.15, 0.2) is 5.13 Å². The van der Waals surface area contributed by atoms with E-state index in [0.717, 1.165) is 22.9 Å². The summed E-state index contributed by atoms with van der Waals surface area (Å²) in [5.74, 6) is 0. The fourth-order valence-electron chi connectivity index (χ4n) is 2.99. The first-order valence-corrected chi connectivity index (χ1v) is 8.02. The van der Waals surface area contributed by atoms with Gasteiger partial charge in [-0.15, -0.1) is 0 Å². The van der Waals surface area contributed by atoms with E-state index in [1.54, 1.807) is 11.3 Å². The summed E-state index contributed by atoms with van der Waals surface area (Å²) in [6.45, 7) is 3.27. The molecule has 4 heteroatoms. The fourth-order valence-corrected chi connectivity index (χ4v) is 4.14. The van der Waals surface area contributed by atoms with Crippen molar-refractivity contribution >= 4 is 32.4 Å². The van der Waals surface area contributed by atoms with Gasteiger partial charge in [-0.2, -0.15) is 0 Å². The molecule has 3 nitrogen and oxygen atoms in total. The van der Waals surface area contributed by atoms with Gasteiger partial charge in [0.1, 0.15) is 0 Å². The predicted molar refractivity (Wildman–Crippen MR) is 83.9 cm³/mol. The van der Waals surface area contributed by atoms with E-state index in [1.165, 1.54) is 36.8 Å². The first-order chi connectivity index (χ1) is 9.28. The Hall–Kier alpha value is -1.29. The van der Waals surface area contributed by atoms with Crippen LogP contribution in [0, 0.1) is 0 Å². The van der Waals surface area contributed by atoms with Gasteiger partial charge >= 0.3 is 0 Å². The van der Waals surface area contributed by atoms with Gasteiger partial charge < -0.3 is 10.6 Å². The lowest BCUT2D eigenvalue weighted by Gasteiger charge is -2.33. The molecular formula is C15H21N3S. The molecule has 0 saturated heterocycles. The summed E-state index contributed by atoms with van der Waals surface area (Å²) in [5, 5.41) is 1.16. The molecule has 1 aromatic heterocycles. The van der Waals surface area contributed by atoms with E-state index >= 15 is 0 Å². The molecule has 1 fully saturated rings. The lowest BCUT2D eigenvalue weighted by atomic mass is 9.94. The van der Waals surface area contributed by atoms with Gasteiger partial charge in [-0.1, -0.05) is 30.6 Å². The van der Waals surface area contributed by atoms with Gasteiger partial charge in [0, 0.05) is 18.3 Å². The van der Waals surface area contributed by atoms with Crippen molar-refractivity contribution < 1.29 is 0 Å². The molecule has 102 valence electrons.